The Morgan fingerprint density at radius 1 is 1.07 bits per heavy atom. The molecule has 0 aromatic carbocycles. The van der Waals surface area contributed by atoms with Crippen LogP contribution in [0.25, 0.3) is 0 Å². The Morgan fingerprint density at radius 3 is 2.15 bits per heavy atom. The van der Waals surface area contributed by atoms with Crippen molar-refractivity contribution in [3.05, 3.63) is 0 Å². The lowest BCUT2D eigenvalue weighted by atomic mass is 9.80. The highest BCUT2D eigenvalue weighted by Crippen LogP contribution is 2.29. The van der Waals surface area contributed by atoms with E-state index in [-0.39, 0.29) is 11.1 Å². The molecule has 0 bridgehead atoms. The van der Waals surface area contributed by atoms with Crippen molar-refractivity contribution in [3.8, 4) is 0 Å². The van der Waals surface area contributed by atoms with Crippen molar-refractivity contribution < 1.29 is 0 Å². The molecule has 27 heavy (non-hydrogen) atoms. The maximum Gasteiger partial charge on any atom is 0.169 e. The smallest absolute Gasteiger partial charge is 0.169 e. The van der Waals surface area contributed by atoms with Crippen LogP contribution in [0.1, 0.15) is 59.8 Å². The largest absolute Gasteiger partial charge is 0.360 e. The van der Waals surface area contributed by atoms with E-state index in [0.29, 0.717) is 12.1 Å². The predicted octanol–water partition coefficient (Wildman–Crippen LogP) is 2.52. The maximum absolute atomic E-state index is 5.96. The second-order valence-corrected chi connectivity index (χ2v) is 10.7. The van der Waals surface area contributed by atoms with Gasteiger partial charge in [0.1, 0.15) is 0 Å². The van der Waals surface area contributed by atoms with E-state index >= 15 is 0 Å². The van der Waals surface area contributed by atoms with Crippen LogP contribution in [0.4, 0.5) is 0 Å². The summed E-state index contributed by atoms with van der Waals surface area (Å²) in [6.45, 7) is 13.7. The summed E-state index contributed by atoms with van der Waals surface area (Å²) < 4.78 is 0. The fourth-order valence-corrected chi connectivity index (χ4v) is 5.40. The highest BCUT2D eigenvalue weighted by molar-refractivity contribution is 7.80. The number of hydrogen-bond acceptors (Lipinski definition) is 4. The molecule has 0 spiro atoms. The third-order valence-corrected chi connectivity index (χ3v) is 6.26. The van der Waals surface area contributed by atoms with Gasteiger partial charge in [0.25, 0.3) is 0 Å². The van der Waals surface area contributed by atoms with Gasteiger partial charge in [0.15, 0.2) is 5.11 Å². The van der Waals surface area contributed by atoms with Gasteiger partial charge in [0.2, 0.25) is 0 Å². The maximum atomic E-state index is 5.96. The van der Waals surface area contributed by atoms with Crippen LogP contribution in [-0.4, -0.2) is 90.3 Å². The molecule has 2 N–H and O–H groups in total. The molecule has 0 saturated carbocycles. The number of thiocarbonyl (C=S) groups is 1. The molecule has 0 unspecified atom stereocenters. The molecule has 0 aromatic heterocycles. The van der Waals surface area contributed by atoms with E-state index in [1.165, 1.54) is 25.9 Å². The number of nitrogens with zero attached hydrogens (tertiary/aromatic N) is 3. The summed E-state index contributed by atoms with van der Waals surface area (Å²) >= 11 is 5.96. The van der Waals surface area contributed by atoms with Gasteiger partial charge < -0.3 is 25.3 Å². The lowest BCUT2D eigenvalue weighted by Gasteiger charge is -2.48. The summed E-state index contributed by atoms with van der Waals surface area (Å²) in [7, 11) is 6.52. The standard InChI is InChI=1S/C21H43N5S/c1-20(2)15-17(16-21(3,4)23-20)22-19(27)26(12-8-11-24(5)6)18-9-13-25(7)14-10-18/h17-18,23H,8-16H2,1-7H3,(H,22,27). The fraction of sp³-hybridized carbons (Fsp3) is 0.952. The molecule has 2 aliphatic rings. The van der Waals surface area contributed by atoms with Crippen LogP contribution in [0.15, 0.2) is 0 Å². The molecule has 2 saturated heterocycles. The lowest BCUT2D eigenvalue weighted by Crippen LogP contribution is -2.63. The van der Waals surface area contributed by atoms with E-state index in [0.717, 1.165) is 37.5 Å². The van der Waals surface area contributed by atoms with Gasteiger partial charge in [-0.15, -0.1) is 0 Å². The van der Waals surface area contributed by atoms with Gasteiger partial charge in [0, 0.05) is 29.7 Å². The van der Waals surface area contributed by atoms with E-state index in [1.807, 2.05) is 0 Å². The Balaban J connectivity index is 2.01. The summed E-state index contributed by atoms with van der Waals surface area (Å²) in [5.41, 5.74) is 0.274. The van der Waals surface area contributed by atoms with Crippen LogP contribution in [0.5, 0.6) is 0 Å². The molecule has 0 amide bonds. The van der Waals surface area contributed by atoms with E-state index < -0.39 is 0 Å². The van der Waals surface area contributed by atoms with E-state index in [2.05, 4.69) is 74.2 Å². The van der Waals surface area contributed by atoms with E-state index in [4.69, 9.17) is 12.2 Å². The Bertz CT molecular complexity index is 467. The monoisotopic (exact) mass is 397 g/mol. The summed E-state index contributed by atoms with van der Waals surface area (Å²) in [5, 5.41) is 8.51. The molecule has 2 aliphatic heterocycles. The predicted molar refractivity (Wildman–Crippen MR) is 120 cm³/mol. The van der Waals surface area contributed by atoms with Crippen LogP contribution >= 0.6 is 12.2 Å². The zero-order valence-electron chi connectivity index (χ0n) is 18.8. The first-order chi connectivity index (χ1) is 12.5. The first-order valence-corrected chi connectivity index (χ1v) is 11.1. The number of nitrogens with one attached hydrogen (secondary N) is 2. The Kier molecular flexibility index (Phi) is 7.94. The number of piperidine rings is 2. The van der Waals surface area contributed by atoms with Crippen LogP contribution < -0.4 is 10.6 Å². The van der Waals surface area contributed by atoms with Crippen molar-refractivity contribution in [1.82, 2.24) is 25.3 Å². The molecule has 0 aromatic rings. The average molecular weight is 398 g/mol. The third-order valence-electron chi connectivity index (χ3n) is 5.91. The molecule has 2 rings (SSSR count). The lowest BCUT2D eigenvalue weighted by molar-refractivity contribution is 0.146. The zero-order chi connectivity index (χ0) is 20.2. The van der Waals surface area contributed by atoms with Gasteiger partial charge in [-0.3, -0.25) is 0 Å². The van der Waals surface area contributed by atoms with Gasteiger partial charge in [-0.1, -0.05) is 0 Å². The molecule has 5 nitrogen and oxygen atoms in total. The van der Waals surface area contributed by atoms with Crippen molar-refractivity contribution in [3.63, 3.8) is 0 Å². The normalized spacial score (nSPS) is 24.1. The van der Waals surface area contributed by atoms with Gasteiger partial charge in [-0.2, -0.15) is 0 Å². The Hall–Kier alpha value is -0.430. The van der Waals surface area contributed by atoms with Gasteiger partial charge in [-0.05, 0) is 113 Å². The average Bonchev–Trinajstić information content (AvgIpc) is 2.49. The molecule has 0 aliphatic carbocycles. The minimum atomic E-state index is 0.137. The SMILES string of the molecule is CN(C)CCCN(C(=S)NC1CC(C)(C)NC(C)(C)C1)C1CCN(C)CC1. The van der Waals surface area contributed by atoms with Crippen LogP contribution in [-0.2, 0) is 0 Å². The highest BCUT2D eigenvalue weighted by Gasteiger charge is 2.38. The van der Waals surface area contributed by atoms with Crippen molar-refractivity contribution in [2.75, 3.05) is 47.3 Å². The van der Waals surface area contributed by atoms with Crippen molar-refractivity contribution >= 4 is 17.3 Å². The van der Waals surface area contributed by atoms with Gasteiger partial charge >= 0.3 is 0 Å². The first-order valence-electron chi connectivity index (χ1n) is 10.7. The molecule has 6 heteroatoms. The summed E-state index contributed by atoms with van der Waals surface area (Å²) in [4.78, 5) is 7.21. The van der Waals surface area contributed by atoms with Crippen molar-refractivity contribution in [2.24, 2.45) is 0 Å². The van der Waals surface area contributed by atoms with Gasteiger partial charge in [0.05, 0.1) is 0 Å². The topological polar surface area (TPSA) is 33.8 Å². The molecule has 158 valence electrons. The number of likely N-dealkylation sites (tertiary alicyclic amines) is 1. The minimum absolute atomic E-state index is 0.137. The van der Waals surface area contributed by atoms with E-state index in [9.17, 15) is 0 Å². The van der Waals surface area contributed by atoms with Crippen LogP contribution in [0.3, 0.4) is 0 Å². The minimum Gasteiger partial charge on any atom is -0.360 e. The summed E-state index contributed by atoms with van der Waals surface area (Å²) in [5.74, 6) is 0. The van der Waals surface area contributed by atoms with Crippen molar-refractivity contribution in [1.29, 1.82) is 0 Å². The molecular weight excluding hydrogens is 354 g/mol. The molecular formula is C21H43N5S. The number of rotatable bonds is 6. The summed E-state index contributed by atoms with van der Waals surface area (Å²) in [6.07, 6.45) is 5.79. The quantitative estimate of drug-likeness (QED) is 0.671. The number of hydrogen-bond donors (Lipinski definition) is 2. The second-order valence-electron chi connectivity index (χ2n) is 10.3. The molecule has 2 fully saturated rings. The third kappa shape index (κ3) is 7.48. The zero-order valence-corrected chi connectivity index (χ0v) is 19.6. The summed E-state index contributed by atoms with van der Waals surface area (Å²) in [6, 6.07) is 1.01. The Morgan fingerprint density at radius 2 is 1.63 bits per heavy atom. The Labute approximate surface area is 173 Å². The van der Waals surface area contributed by atoms with E-state index in [1.54, 1.807) is 0 Å². The van der Waals surface area contributed by atoms with Crippen LogP contribution in [0, 0.1) is 0 Å². The molecule has 0 radical (unpaired) electrons. The second kappa shape index (κ2) is 9.38. The first kappa shape index (κ1) is 22.9. The molecule has 0 atom stereocenters. The van der Waals surface area contributed by atoms with Crippen LogP contribution in [0.2, 0.25) is 0 Å². The highest BCUT2D eigenvalue weighted by atomic mass is 32.1. The van der Waals surface area contributed by atoms with Crippen molar-refractivity contribution in [2.45, 2.75) is 83.0 Å². The van der Waals surface area contributed by atoms with Gasteiger partial charge in [-0.25, -0.2) is 0 Å². The fourth-order valence-electron chi connectivity index (χ4n) is 5.00. The molecule has 2 heterocycles.